The summed E-state index contributed by atoms with van der Waals surface area (Å²) in [5.74, 6) is -0.364. The van der Waals surface area contributed by atoms with Gasteiger partial charge >= 0.3 is 5.97 Å². The molecule has 0 saturated carbocycles. The minimum absolute atomic E-state index is 0.256. The van der Waals surface area contributed by atoms with Crippen LogP contribution in [0.3, 0.4) is 0 Å². The van der Waals surface area contributed by atoms with Crippen molar-refractivity contribution in [2.45, 2.75) is 6.29 Å². The van der Waals surface area contributed by atoms with E-state index in [9.17, 15) is 4.79 Å². The fraction of sp³-hybridized carbons (Fsp3) is 0.308. The van der Waals surface area contributed by atoms with Gasteiger partial charge in [0.15, 0.2) is 6.29 Å². The van der Waals surface area contributed by atoms with Gasteiger partial charge in [-0.05, 0) is 11.6 Å². The molecule has 0 aromatic heterocycles. The van der Waals surface area contributed by atoms with Crippen LogP contribution in [0.15, 0.2) is 30.3 Å². The SMILES string of the molecule is COC(=O)C=Cc1ccc(C2OCCO2)cc1. The maximum atomic E-state index is 10.9. The molecule has 4 nitrogen and oxygen atoms in total. The molecule has 0 spiro atoms. The van der Waals surface area contributed by atoms with Crippen molar-refractivity contribution < 1.29 is 19.0 Å². The summed E-state index contributed by atoms with van der Waals surface area (Å²) in [4.78, 5) is 10.9. The van der Waals surface area contributed by atoms with Crippen molar-refractivity contribution in [1.82, 2.24) is 0 Å². The third kappa shape index (κ3) is 3.15. The van der Waals surface area contributed by atoms with Crippen LogP contribution in [0.4, 0.5) is 0 Å². The average molecular weight is 234 g/mol. The molecule has 1 heterocycles. The summed E-state index contributed by atoms with van der Waals surface area (Å²) in [6.07, 6.45) is 2.83. The number of hydrogen-bond donors (Lipinski definition) is 0. The van der Waals surface area contributed by atoms with Gasteiger partial charge in [0, 0.05) is 11.6 Å². The standard InChI is InChI=1S/C13H14O4/c1-15-12(14)7-4-10-2-5-11(6-3-10)13-16-8-9-17-13/h2-7,13H,8-9H2,1H3. The van der Waals surface area contributed by atoms with E-state index in [1.807, 2.05) is 24.3 Å². The first-order valence-corrected chi connectivity index (χ1v) is 5.39. The molecule has 1 fully saturated rings. The van der Waals surface area contributed by atoms with E-state index in [1.54, 1.807) is 6.08 Å². The Kier molecular flexibility index (Phi) is 3.90. The lowest BCUT2D eigenvalue weighted by Gasteiger charge is -2.08. The molecule has 0 N–H and O–H groups in total. The number of benzene rings is 1. The molecule has 90 valence electrons. The van der Waals surface area contributed by atoms with E-state index >= 15 is 0 Å². The van der Waals surface area contributed by atoms with Crippen LogP contribution < -0.4 is 0 Å². The molecule has 0 amide bonds. The molecule has 0 radical (unpaired) electrons. The van der Waals surface area contributed by atoms with E-state index in [2.05, 4.69) is 4.74 Å². The lowest BCUT2D eigenvalue weighted by molar-refractivity contribution is -0.134. The van der Waals surface area contributed by atoms with Crippen LogP contribution in [0.5, 0.6) is 0 Å². The van der Waals surface area contributed by atoms with Crippen LogP contribution in [0.25, 0.3) is 6.08 Å². The molecule has 1 aromatic carbocycles. The number of carbonyl (C=O) groups excluding carboxylic acids is 1. The zero-order valence-corrected chi connectivity index (χ0v) is 9.59. The molecule has 1 aliphatic heterocycles. The average Bonchev–Trinajstić information content (AvgIpc) is 2.90. The van der Waals surface area contributed by atoms with E-state index in [1.165, 1.54) is 13.2 Å². The highest BCUT2D eigenvalue weighted by molar-refractivity contribution is 5.86. The van der Waals surface area contributed by atoms with Crippen LogP contribution in [0, 0.1) is 0 Å². The van der Waals surface area contributed by atoms with Crippen LogP contribution in [0.2, 0.25) is 0 Å². The lowest BCUT2D eigenvalue weighted by atomic mass is 10.1. The second-order valence-corrected chi connectivity index (χ2v) is 3.60. The Balaban J connectivity index is 2.02. The highest BCUT2D eigenvalue weighted by Crippen LogP contribution is 2.23. The fourth-order valence-corrected chi connectivity index (χ4v) is 1.55. The lowest BCUT2D eigenvalue weighted by Crippen LogP contribution is -1.97. The highest BCUT2D eigenvalue weighted by atomic mass is 16.7. The van der Waals surface area contributed by atoms with Crippen molar-refractivity contribution in [2.75, 3.05) is 20.3 Å². The van der Waals surface area contributed by atoms with Crippen LogP contribution in [-0.4, -0.2) is 26.3 Å². The molecule has 2 rings (SSSR count). The van der Waals surface area contributed by atoms with Gasteiger partial charge in [-0.25, -0.2) is 4.79 Å². The topological polar surface area (TPSA) is 44.8 Å². The van der Waals surface area contributed by atoms with Gasteiger partial charge in [-0.2, -0.15) is 0 Å². The van der Waals surface area contributed by atoms with Gasteiger partial charge in [0.25, 0.3) is 0 Å². The van der Waals surface area contributed by atoms with Crippen LogP contribution in [-0.2, 0) is 19.0 Å². The van der Waals surface area contributed by atoms with Gasteiger partial charge < -0.3 is 14.2 Å². The van der Waals surface area contributed by atoms with Gasteiger partial charge in [0.1, 0.15) is 0 Å². The highest BCUT2D eigenvalue weighted by Gasteiger charge is 2.17. The molecule has 0 aliphatic carbocycles. The van der Waals surface area contributed by atoms with Gasteiger partial charge in [0.2, 0.25) is 0 Å². The quantitative estimate of drug-likeness (QED) is 0.592. The van der Waals surface area contributed by atoms with Crippen LogP contribution in [0.1, 0.15) is 17.4 Å². The summed E-state index contributed by atoms with van der Waals surface area (Å²) < 4.78 is 15.3. The normalized spacial score (nSPS) is 16.5. The Labute approximate surface area is 99.8 Å². The zero-order chi connectivity index (χ0) is 12.1. The summed E-state index contributed by atoms with van der Waals surface area (Å²) >= 11 is 0. The summed E-state index contributed by atoms with van der Waals surface area (Å²) in [7, 11) is 1.35. The Hall–Kier alpha value is -1.65. The monoisotopic (exact) mass is 234 g/mol. The van der Waals surface area contributed by atoms with Gasteiger partial charge in [-0.1, -0.05) is 24.3 Å². The molecule has 1 aromatic rings. The summed E-state index contributed by atoms with van der Waals surface area (Å²) in [5.41, 5.74) is 1.91. The minimum Gasteiger partial charge on any atom is -0.466 e. The Morgan fingerprint density at radius 3 is 2.53 bits per heavy atom. The molecule has 0 bridgehead atoms. The van der Waals surface area contributed by atoms with Crippen molar-refractivity contribution in [3.63, 3.8) is 0 Å². The Bertz CT molecular complexity index is 402. The number of rotatable bonds is 3. The molecular formula is C13H14O4. The Morgan fingerprint density at radius 2 is 1.94 bits per heavy atom. The van der Waals surface area contributed by atoms with Gasteiger partial charge in [-0.3, -0.25) is 0 Å². The predicted octanol–water partition coefficient (Wildman–Crippen LogP) is 1.92. The zero-order valence-electron chi connectivity index (χ0n) is 9.59. The van der Waals surface area contributed by atoms with E-state index in [4.69, 9.17) is 9.47 Å². The first kappa shape index (κ1) is 11.8. The van der Waals surface area contributed by atoms with E-state index in [0.717, 1.165) is 11.1 Å². The maximum Gasteiger partial charge on any atom is 0.330 e. The number of ether oxygens (including phenoxy) is 3. The minimum atomic E-state index is -0.364. The summed E-state index contributed by atoms with van der Waals surface area (Å²) in [6, 6.07) is 7.65. The summed E-state index contributed by atoms with van der Waals surface area (Å²) in [6.45, 7) is 1.27. The van der Waals surface area contributed by atoms with Crippen molar-refractivity contribution in [3.05, 3.63) is 41.5 Å². The largest absolute Gasteiger partial charge is 0.466 e. The molecular weight excluding hydrogens is 220 g/mol. The van der Waals surface area contributed by atoms with Gasteiger partial charge in [-0.15, -0.1) is 0 Å². The maximum absolute atomic E-state index is 10.9. The van der Waals surface area contributed by atoms with E-state index in [-0.39, 0.29) is 12.3 Å². The predicted molar refractivity (Wildman–Crippen MR) is 62.1 cm³/mol. The van der Waals surface area contributed by atoms with E-state index < -0.39 is 0 Å². The number of hydrogen-bond acceptors (Lipinski definition) is 4. The van der Waals surface area contributed by atoms with Crippen molar-refractivity contribution in [2.24, 2.45) is 0 Å². The third-order valence-electron chi connectivity index (χ3n) is 2.44. The Morgan fingerprint density at radius 1 is 1.29 bits per heavy atom. The number of carbonyl (C=O) groups is 1. The number of methoxy groups -OCH3 is 1. The van der Waals surface area contributed by atoms with Crippen LogP contribution >= 0.6 is 0 Å². The first-order valence-electron chi connectivity index (χ1n) is 5.39. The second-order valence-electron chi connectivity index (χ2n) is 3.60. The third-order valence-corrected chi connectivity index (χ3v) is 2.44. The molecule has 4 heteroatoms. The molecule has 0 atom stereocenters. The molecule has 0 unspecified atom stereocenters. The summed E-state index contributed by atoms with van der Waals surface area (Å²) in [5, 5.41) is 0. The van der Waals surface area contributed by atoms with Crippen molar-refractivity contribution in [3.8, 4) is 0 Å². The van der Waals surface area contributed by atoms with E-state index in [0.29, 0.717) is 13.2 Å². The van der Waals surface area contributed by atoms with Gasteiger partial charge in [0.05, 0.1) is 20.3 Å². The van der Waals surface area contributed by atoms with Crippen molar-refractivity contribution >= 4 is 12.0 Å². The fourth-order valence-electron chi connectivity index (χ4n) is 1.55. The number of esters is 1. The van der Waals surface area contributed by atoms with Crippen molar-refractivity contribution in [1.29, 1.82) is 0 Å². The molecule has 17 heavy (non-hydrogen) atoms. The molecule has 1 saturated heterocycles. The first-order chi connectivity index (χ1) is 8.29. The molecule has 1 aliphatic rings. The smallest absolute Gasteiger partial charge is 0.330 e. The second kappa shape index (κ2) is 5.61.